The number of esters is 1. The Morgan fingerprint density at radius 2 is 2.20 bits per heavy atom. The summed E-state index contributed by atoms with van der Waals surface area (Å²) < 4.78 is 4.64. The number of ether oxygens (including phenoxy) is 1. The molecule has 0 aromatic heterocycles. The van der Waals surface area contributed by atoms with Crippen LogP contribution < -0.4 is 0 Å². The molecule has 0 radical (unpaired) electrons. The van der Waals surface area contributed by atoms with E-state index in [4.69, 9.17) is 0 Å². The van der Waals surface area contributed by atoms with Crippen molar-refractivity contribution in [1.82, 2.24) is 4.90 Å². The van der Waals surface area contributed by atoms with Gasteiger partial charge in [-0.3, -0.25) is 0 Å². The summed E-state index contributed by atoms with van der Waals surface area (Å²) in [6, 6.07) is 0. The number of aliphatic hydroxyl groups is 1. The van der Waals surface area contributed by atoms with Crippen molar-refractivity contribution in [3.05, 3.63) is 0 Å². The molecule has 1 unspecified atom stereocenters. The topological polar surface area (TPSA) is 49.8 Å². The van der Waals surface area contributed by atoms with Gasteiger partial charge in [0.1, 0.15) is 0 Å². The number of carbonyl (C=O) groups is 1. The van der Waals surface area contributed by atoms with Crippen molar-refractivity contribution in [2.24, 2.45) is 0 Å². The van der Waals surface area contributed by atoms with E-state index in [1.165, 1.54) is 7.11 Å². The third-order valence-corrected chi connectivity index (χ3v) is 3.01. The van der Waals surface area contributed by atoms with E-state index in [1.807, 2.05) is 0 Å². The van der Waals surface area contributed by atoms with E-state index in [1.54, 1.807) is 0 Å². The molecule has 4 nitrogen and oxygen atoms in total. The van der Waals surface area contributed by atoms with Crippen LogP contribution in [0.1, 0.15) is 32.6 Å². The smallest absolute Gasteiger partial charge is 0.337 e. The first kappa shape index (κ1) is 12.5. The molecule has 4 heteroatoms. The molecule has 0 spiro atoms. The monoisotopic (exact) mass is 215 g/mol. The SMILES string of the molecule is CCCN1CCCC(O)(C(=O)OC)CC1. The van der Waals surface area contributed by atoms with Gasteiger partial charge in [-0.05, 0) is 38.8 Å². The van der Waals surface area contributed by atoms with Crippen LogP contribution in [0, 0.1) is 0 Å². The van der Waals surface area contributed by atoms with Gasteiger partial charge in [0.25, 0.3) is 0 Å². The fourth-order valence-corrected chi connectivity index (χ4v) is 2.11. The molecule has 1 N–H and O–H groups in total. The minimum absolute atomic E-state index is 0.485. The number of likely N-dealkylation sites (tertiary alicyclic amines) is 1. The number of hydrogen-bond donors (Lipinski definition) is 1. The van der Waals surface area contributed by atoms with Crippen LogP contribution in [0.4, 0.5) is 0 Å². The lowest BCUT2D eigenvalue weighted by Crippen LogP contribution is -2.40. The molecule has 1 fully saturated rings. The van der Waals surface area contributed by atoms with E-state index >= 15 is 0 Å². The van der Waals surface area contributed by atoms with Gasteiger partial charge in [0.05, 0.1) is 7.11 Å². The van der Waals surface area contributed by atoms with Gasteiger partial charge < -0.3 is 14.7 Å². The Labute approximate surface area is 91.2 Å². The van der Waals surface area contributed by atoms with Crippen LogP contribution in [0.3, 0.4) is 0 Å². The normalized spacial score (nSPS) is 28.5. The van der Waals surface area contributed by atoms with E-state index in [-0.39, 0.29) is 0 Å². The first-order chi connectivity index (χ1) is 7.12. The summed E-state index contributed by atoms with van der Waals surface area (Å²) in [6.07, 6.45) is 2.96. The fourth-order valence-electron chi connectivity index (χ4n) is 2.11. The highest BCUT2D eigenvalue weighted by atomic mass is 16.5. The maximum Gasteiger partial charge on any atom is 0.337 e. The lowest BCUT2D eigenvalue weighted by Gasteiger charge is -2.23. The third kappa shape index (κ3) is 3.18. The average Bonchev–Trinajstić information content (AvgIpc) is 2.42. The fraction of sp³-hybridized carbons (Fsp3) is 0.909. The van der Waals surface area contributed by atoms with E-state index < -0.39 is 11.6 Å². The highest BCUT2D eigenvalue weighted by molar-refractivity contribution is 5.79. The Kier molecular flexibility index (Phi) is 4.54. The summed E-state index contributed by atoms with van der Waals surface area (Å²) in [5.74, 6) is -0.485. The standard InChI is InChI=1S/C11H21NO3/c1-3-7-12-8-4-5-11(14,6-9-12)10(13)15-2/h14H,3-9H2,1-2H3. The summed E-state index contributed by atoms with van der Waals surface area (Å²) >= 11 is 0. The predicted octanol–water partition coefficient (Wildman–Crippen LogP) is 0.786. The van der Waals surface area contributed by atoms with Crippen LogP contribution >= 0.6 is 0 Å². The second-order valence-electron chi connectivity index (χ2n) is 4.22. The van der Waals surface area contributed by atoms with Crippen molar-refractivity contribution in [3.63, 3.8) is 0 Å². The second-order valence-corrected chi connectivity index (χ2v) is 4.22. The predicted molar refractivity (Wildman–Crippen MR) is 57.5 cm³/mol. The number of rotatable bonds is 3. The number of hydrogen-bond acceptors (Lipinski definition) is 4. The quantitative estimate of drug-likeness (QED) is 0.707. The Balaban J connectivity index is 2.54. The van der Waals surface area contributed by atoms with Crippen LogP contribution in [0.2, 0.25) is 0 Å². The zero-order valence-electron chi connectivity index (χ0n) is 9.66. The Morgan fingerprint density at radius 1 is 1.47 bits per heavy atom. The third-order valence-electron chi connectivity index (χ3n) is 3.01. The summed E-state index contributed by atoms with van der Waals surface area (Å²) in [7, 11) is 1.33. The van der Waals surface area contributed by atoms with Gasteiger partial charge in [-0.25, -0.2) is 4.79 Å². The molecule has 1 heterocycles. The van der Waals surface area contributed by atoms with Crippen molar-refractivity contribution in [2.45, 2.75) is 38.2 Å². The molecule has 1 rings (SSSR count). The minimum atomic E-state index is -1.25. The van der Waals surface area contributed by atoms with E-state index in [2.05, 4.69) is 16.6 Å². The average molecular weight is 215 g/mol. The van der Waals surface area contributed by atoms with E-state index in [0.29, 0.717) is 12.8 Å². The zero-order valence-corrected chi connectivity index (χ0v) is 9.66. The molecule has 0 amide bonds. The molecular weight excluding hydrogens is 194 g/mol. The molecule has 0 bridgehead atoms. The van der Waals surface area contributed by atoms with Crippen LogP contribution in [0.15, 0.2) is 0 Å². The van der Waals surface area contributed by atoms with Crippen molar-refractivity contribution >= 4 is 5.97 Å². The molecule has 1 saturated heterocycles. The Bertz CT molecular complexity index is 220. The summed E-state index contributed by atoms with van der Waals surface area (Å²) in [6.45, 7) is 4.92. The van der Waals surface area contributed by atoms with Gasteiger partial charge in [0.2, 0.25) is 0 Å². The number of methoxy groups -OCH3 is 1. The Hall–Kier alpha value is -0.610. The van der Waals surface area contributed by atoms with Crippen molar-refractivity contribution in [1.29, 1.82) is 0 Å². The first-order valence-corrected chi connectivity index (χ1v) is 5.65. The van der Waals surface area contributed by atoms with Crippen LogP contribution in [-0.2, 0) is 9.53 Å². The molecule has 0 aromatic carbocycles. The maximum absolute atomic E-state index is 11.4. The lowest BCUT2D eigenvalue weighted by molar-refractivity contribution is -0.163. The first-order valence-electron chi connectivity index (χ1n) is 5.65. The van der Waals surface area contributed by atoms with Crippen molar-refractivity contribution in [2.75, 3.05) is 26.7 Å². The molecule has 1 aliphatic heterocycles. The molecular formula is C11H21NO3. The van der Waals surface area contributed by atoms with Gasteiger partial charge in [-0.1, -0.05) is 6.92 Å². The van der Waals surface area contributed by atoms with Crippen molar-refractivity contribution < 1.29 is 14.6 Å². The molecule has 0 aromatic rings. The Morgan fingerprint density at radius 3 is 2.80 bits per heavy atom. The summed E-state index contributed by atoms with van der Waals surface area (Å²) in [5, 5.41) is 10.1. The summed E-state index contributed by atoms with van der Waals surface area (Å²) in [5.41, 5.74) is -1.25. The zero-order chi connectivity index (χ0) is 11.3. The van der Waals surface area contributed by atoms with Gasteiger partial charge in [-0.2, -0.15) is 0 Å². The minimum Gasteiger partial charge on any atom is -0.467 e. The van der Waals surface area contributed by atoms with Gasteiger partial charge >= 0.3 is 5.97 Å². The summed E-state index contributed by atoms with van der Waals surface area (Å²) in [4.78, 5) is 13.7. The largest absolute Gasteiger partial charge is 0.467 e. The molecule has 0 saturated carbocycles. The molecule has 88 valence electrons. The highest BCUT2D eigenvalue weighted by Gasteiger charge is 2.38. The van der Waals surface area contributed by atoms with E-state index in [0.717, 1.165) is 32.5 Å². The molecule has 1 aliphatic rings. The molecule has 15 heavy (non-hydrogen) atoms. The van der Waals surface area contributed by atoms with Crippen molar-refractivity contribution in [3.8, 4) is 0 Å². The lowest BCUT2D eigenvalue weighted by atomic mass is 9.95. The number of carbonyl (C=O) groups excluding carboxylic acids is 1. The maximum atomic E-state index is 11.4. The van der Waals surface area contributed by atoms with Gasteiger partial charge in [-0.15, -0.1) is 0 Å². The highest BCUT2D eigenvalue weighted by Crippen LogP contribution is 2.23. The van der Waals surface area contributed by atoms with Crippen LogP contribution in [0.25, 0.3) is 0 Å². The van der Waals surface area contributed by atoms with Gasteiger partial charge in [0, 0.05) is 6.54 Å². The van der Waals surface area contributed by atoms with Gasteiger partial charge in [0.15, 0.2) is 5.60 Å². The van der Waals surface area contributed by atoms with E-state index in [9.17, 15) is 9.90 Å². The molecule has 0 aliphatic carbocycles. The van der Waals surface area contributed by atoms with Crippen LogP contribution in [-0.4, -0.2) is 48.3 Å². The second kappa shape index (κ2) is 5.47. The van der Waals surface area contributed by atoms with Crippen LogP contribution in [0.5, 0.6) is 0 Å². The number of nitrogens with zero attached hydrogens (tertiary/aromatic N) is 1. The molecule has 1 atom stereocenters.